The van der Waals surface area contributed by atoms with Gasteiger partial charge in [-0.2, -0.15) is 4.98 Å². The second-order valence-corrected chi connectivity index (χ2v) is 8.79. The number of halogens is 2. The number of benzene rings is 3. The van der Waals surface area contributed by atoms with Crippen LogP contribution in [0.1, 0.15) is 30.9 Å². The third-order valence-electron chi connectivity index (χ3n) is 5.50. The number of fused-ring (bicyclic) bond motifs is 1. The summed E-state index contributed by atoms with van der Waals surface area (Å²) < 4.78 is 7.21. The average Bonchev–Trinajstić information content (AvgIpc) is 2.81. The summed E-state index contributed by atoms with van der Waals surface area (Å²) in [7, 11) is 0. The maximum Gasteiger partial charge on any atom is 0.348 e. The Balaban J connectivity index is 1.92. The summed E-state index contributed by atoms with van der Waals surface area (Å²) in [5, 5.41) is 1.75. The number of hydrogen-bond acceptors (Lipinski definition) is 3. The van der Waals surface area contributed by atoms with Gasteiger partial charge in [-0.3, -0.25) is 4.57 Å². The molecule has 6 heteroatoms. The number of terminal acetylenes is 1. The van der Waals surface area contributed by atoms with Crippen molar-refractivity contribution in [2.75, 3.05) is 6.61 Å². The van der Waals surface area contributed by atoms with E-state index in [2.05, 4.69) is 36.9 Å². The fraction of sp³-hybridized carbons (Fsp3) is 0.185. The van der Waals surface area contributed by atoms with Gasteiger partial charge in [-0.05, 0) is 41.8 Å². The summed E-state index contributed by atoms with van der Waals surface area (Å²) in [6.07, 6.45) is 5.35. The van der Waals surface area contributed by atoms with Gasteiger partial charge < -0.3 is 4.74 Å². The van der Waals surface area contributed by atoms with Crippen LogP contribution in [0.25, 0.3) is 22.2 Å². The maximum absolute atomic E-state index is 13.2. The zero-order chi connectivity index (χ0) is 23.5. The Morgan fingerprint density at radius 2 is 1.76 bits per heavy atom. The van der Waals surface area contributed by atoms with Gasteiger partial charge in [0.15, 0.2) is 0 Å². The lowest BCUT2D eigenvalue weighted by atomic mass is 9.99. The van der Waals surface area contributed by atoms with Crippen molar-refractivity contribution >= 4 is 34.1 Å². The summed E-state index contributed by atoms with van der Waals surface area (Å²) in [6.45, 7) is 4.61. The van der Waals surface area contributed by atoms with Crippen LogP contribution < -0.4 is 10.4 Å². The predicted octanol–water partition coefficient (Wildman–Crippen LogP) is 6.55. The van der Waals surface area contributed by atoms with E-state index in [4.69, 9.17) is 34.4 Å². The van der Waals surface area contributed by atoms with E-state index in [9.17, 15) is 4.79 Å². The molecule has 0 fully saturated rings. The number of aromatic nitrogens is 2. The average molecular weight is 477 g/mol. The Morgan fingerprint density at radius 1 is 1.06 bits per heavy atom. The lowest BCUT2D eigenvalue weighted by Crippen LogP contribution is -2.25. The van der Waals surface area contributed by atoms with E-state index in [1.807, 2.05) is 24.3 Å². The molecule has 0 aliphatic carbocycles. The van der Waals surface area contributed by atoms with Gasteiger partial charge in [-0.25, -0.2) is 4.79 Å². The highest BCUT2D eigenvalue weighted by Crippen LogP contribution is 2.31. The lowest BCUT2D eigenvalue weighted by Gasteiger charge is -2.16. The van der Waals surface area contributed by atoms with Crippen molar-refractivity contribution in [3.63, 3.8) is 0 Å². The standard InChI is InChI=1S/C27H22Cl2N2O2/c1-4-14-33-20-12-13-25-21(15-20)26(19-10-8-18(9-11-19)17(2)3)30-27(32)31(25)16-22-23(28)6-5-7-24(22)29/h1,5-13,15,17H,14,16H2,2-3H3. The van der Waals surface area contributed by atoms with Crippen molar-refractivity contribution in [1.82, 2.24) is 9.55 Å². The Hall–Kier alpha value is -3.26. The molecule has 1 aromatic heterocycles. The molecule has 4 aromatic rings. The normalized spacial score (nSPS) is 11.0. The summed E-state index contributed by atoms with van der Waals surface area (Å²) >= 11 is 12.7. The first-order valence-electron chi connectivity index (χ1n) is 10.5. The van der Waals surface area contributed by atoms with E-state index < -0.39 is 5.69 Å². The van der Waals surface area contributed by atoms with Gasteiger partial charge in [0.25, 0.3) is 0 Å². The molecule has 3 aromatic carbocycles. The second-order valence-electron chi connectivity index (χ2n) is 7.98. The van der Waals surface area contributed by atoms with Gasteiger partial charge in [0, 0.05) is 26.6 Å². The van der Waals surface area contributed by atoms with Gasteiger partial charge in [0.1, 0.15) is 12.4 Å². The first-order chi connectivity index (χ1) is 15.9. The molecule has 4 nitrogen and oxygen atoms in total. The monoisotopic (exact) mass is 476 g/mol. The van der Waals surface area contributed by atoms with Crippen LogP contribution in [-0.4, -0.2) is 16.2 Å². The van der Waals surface area contributed by atoms with E-state index >= 15 is 0 Å². The van der Waals surface area contributed by atoms with Crippen molar-refractivity contribution in [1.29, 1.82) is 0 Å². The molecule has 0 bridgehead atoms. The van der Waals surface area contributed by atoms with Crippen molar-refractivity contribution in [3.8, 4) is 29.4 Å². The smallest absolute Gasteiger partial charge is 0.348 e. The third-order valence-corrected chi connectivity index (χ3v) is 6.21. The summed E-state index contributed by atoms with van der Waals surface area (Å²) in [5.41, 5.74) is 3.60. The zero-order valence-corrected chi connectivity index (χ0v) is 19.8. The van der Waals surface area contributed by atoms with Gasteiger partial charge >= 0.3 is 5.69 Å². The molecule has 0 aliphatic rings. The Kier molecular flexibility index (Phi) is 6.74. The van der Waals surface area contributed by atoms with Crippen LogP contribution in [0, 0.1) is 12.3 Å². The largest absolute Gasteiger partial charge is 0.481 e. The van der Waals surface area contributed by atoms with Gasteiger partial charge in [0.05, 0.1) is 17.8 Å². The highest BCUT2D eigenvalue weighted by atomic mass is 35.5. The first kappa shape index (κ1) is 22.9. The van der Waals surface area contributed by atoms with Crippen molar-refractivity contribution in [3.05, 3.63) is 92.3 Å². The lowest BCUT2D eigenvalue weighted by molar-refractivity contribution is 0.371. The van der Waals surface area contributed by atoms with Crippen molar-refractivity contribution < 1.29 is 4.74 Å². The predicted molar refractivity (Wildman–Crippen MR) is 135 cm³/mol. The molecule has 33 heavy (non-hydrogen) atoms. The Labute approximate surface area is 202 Å². The molecule has 0 amide bonds. The molecule has 0 saturated carbocycles. The molecule has 0 spiro atoms. The van der Waals surface area contributed by atoms with Gasteiger partial charge in [-0.15, -0.1) is 6.42 Å². The number of ether oxygens (including phenoxy) is 1. The molecule has 0 atom stereocenters. The van der Waals surface area contributed by atoms with Crippen molar-refractivity contribution in [2.24, 2.45) is 0 Å². The summed E-state index contributed by atoms with van der Waals surface area (Å²) in [5.74, 6) is 3.47. The minimum Gasteiger partial charge on any atom is -0.481 e. The highest BCUT2D eigenvalue weighted by Gasteiger charge is 2.16. The fourth-order valence-corrected chi connectivity index (χ4v) is 4.23. The molecule has 0 unspecified atom stereocenters. The fourth-order valence-electron chi connectivity index (χ4n) is 3.71. The summed E-state index contributed by atoms with van der Waals surface area (Å²) in [4.78, 5) is 17.6. The zero-order valence-electron chi connectivity index (χ0n) is 18.3. The van der Waals surface area contributed by atoms with Crippen LogP contribution >= 0.6 is 23.2 Å². The van der Waals surface area contributed by atoms with Crippen LogP contribution in [0.3, 0.4) is 0 Å². The van der Waals surface area contributed by atoms with E-state index in [1.54, 1.807) is 28.8 Å². The molecule has 4 rings (SSSR count). The van der Waals surface area contributed by atoms with E-state index in [0.29, 0.717) is 38.5 Å². The van der Waals surface area contributed by atoms with E-state index in [-0.39, 0.29) is 13.2 Å². The van der Waals surface area contributed by atoms with Crippen LogP contribution in [-0.2, 0) is 6.54 Å². The van der Waals surface area contributed by atoms with Crippen molar-refractivity contribution in [2.45, 2.75) is 26.3 Å². The van der Waals surface area contributed by atoms with Crippen LogP contribution in [0.4, 0.5) is 0 Å². The number of rotatable bonds is 6. The Morgan fingerprint density at radius 3 is 2.39 bits per heavy atom. The topological polar surface area (TPSA) is 44.1 Å². The maximum atomic E-state index is 13.2. The molecule has 0 radical (unpaired) electrons. The van der Waals surface area contributed by atoms with Crippen LogP contribution in [0.15, 0.2) is 65.5 Å². The van der Waals surface area contributed by atoms with E-state index in [1.165, 1.54) is 5.56 Å². The minimum absolute atomic E-state index is 0.145. The molecule has 0 N–H and O–H groups in total. The molecule has 1 heterocycles. The minimum atomic E-state index is -0.390. The molecular formula is C27H22Cl2N2O2. The van der Waals surface area contributed by atoms with Crippen LogP contribution in [0.2, 0.25) is 10.0 Å². The molecule has 166 valence electrons. The van der Waals surface area contributed by atoms with Crippen LogP contribution in [0.5, 0.6) is 5.75 Å². The molecule has 0 aliphatic heterocycles. The molecule has 0 saturated heterocycles. The summed E-state index contributed by atoms with van der Waals surface area (Å²) in [6, 6.07) is 18.8. The van der Waals surface area contributed by atoms with Gasteiger partial charge in [-0.1, -0.05) is 73.3 Å². The highest BCUT2D eigenvalue weighted by molar-refractivity contribution is 6.36. The Bertz CT molecular complexity index is 1400. The quantitative estimate of drug-likeness (QED) is 0.296. The first-order valence-corrected chi connectivity index (χ1v) is 11.3. The molecular weight excluding hydrogens is 455 g/mol. The number of nitrogens with zero attached hydrogens (tertiary/aromatic N) is 2. The van der Waals surface area contributed by atoms with E-state index in [0.717, 1.165) is 10.9 Å². The number of hydrogen-bond donors (Lipinski definition) is 0. The third kappa shape index (κ3) is 4.75. The second kappa shape index (κ2) is 9.70. The SMILES string of the molecule is C#CCOc1ccc2c(c1)c(-c1ccc(C(C)C)cc1)nc(=O)n2Cc1c(Cl)cccc1Cl. The van der Waals surface area contributed by atoms with Gasteiger partial charge in [0.2, 0.25) is 0 Å².